The van der Waals surface area contributed by atoms with Crippen LogP contribution in [0.4, 0.5) is 13.2 Å². The van der Waals surface area contributed by atoms with Crippen LogP contribution in [0.1, 0.15) is 29.8 Å². The Bertz CT molecular complexity index is 1220. The lowest BCUT2D eigenvalue weighted by Gasteiger charge is -2.25. The summed E-state index contributed by atoms with van der Waals surface area (Å²) in [4.78, 5) is 22.9. The normalized spacial score (nSPS) is 12.5. The third-order valence-corrected chi connectivity index (χ3v) is 6.32. The summed E-state index contributed by atoms with van der Waals surface area (Å²) in [6, 6.07) is 12.4. The van der Waals surface area contributed by atoms with Crippen LogP contribution in [-0.2, 0) is 17.4 Å². The van der Waals surface area contributed by atoms with Gasteiger partial charge >= 0.3 is 6.18 Å². The van der Waals surface area contributed by atoms with Gasteiger partial charge in [-0.15, -0.1) is 11.3 Å². The Kier molecular flexibility index (Phi) is 6.28. The molecule has 0 radical (unpaired) electrons. The number of hydrogen-bond donors (Lipinski definition) is 0. The number of alkyl halides is 3. The molecule has 0 aliphatic rings. The minimum Gasteiger partial charge on any atom is -0.339 e. The second-order valence-corrected chi connectivity index (χ2v) is 8.37. The fraction of sp³-hybridized carbons (Fsp3) is 0.217. The number of benzene rings is 2. The molecule has 10 heteroatoms. The van der Waals surface area contributed by atoms with E-state index in [-0.39, 0.29) is 18.4 Å². The summed E-state index contributed by atoms with van der Waals surface area (Å²) in [5.74, 6) is -0.105. The van der Waals surface area contributed by atoms with Gasteiger partial charge in [-0.3, -0.25) is 4.79 Å². The molecule has 2 aromatic carbocycles. The van der Waals surface area contributed by atoms with Gasteiger partial charge in [0.25, 0.3) is 0 Å². The first-order chi connectivity index (χ1) is 15.7. The second kappa shape index (κ2) is 9.14. The zero-order valence-corrected chi connectivity index (χ0v) is 18.6. The molecule has 0 N–H and O–H groups in total. The predicted octanol–water partition coefficient (Wildman–Crippen LogP) is 5.17. The monoisotopic (exact) mass is 471 g/mol. The van der Waals surface area contributed by atoms with Gasteiger partial charge < -0.3 is 4.90 Å². The van der Waals surface area contributed by atoms with E-state index in [2.05, 4.69) is 15.1 Å². The summed E-state index contributed by atoms with van der Waals surface area (Å²) in [7, 11) is 1.74. The summed E-state index contributed by atoms with van der Waals surface area (Å²) in [6.07, 6.45) is -1.20. The van der Waals surface area contributed by atoms with Crippen LogP contribution in [0.2, 0.25) is 0 Å². The number of amides is 1. The van der Waals surface area contributed by atoms with Crippen LogP contribution in [0.5, 0.6) is 0 Å². The van der Waals surface area contributed by atoms with Gasteiger partial charge in [-0.05, 0) is 36.8 Å². The fourth-order valence-corrected chi connectivity index (χ4v) is 4.11. The van der Waals surface area contributed by atoms with Crippen LogP contribution in [-0.4, -0.2) is 37.6 Å². The molecule has 170 valence electrons. The zero-order valence-electron chi connectivity index (χ0n) is 17.8. The van der Waals surface area contributed by atoms with Crippen molar-refractivity contribution in [3.63, 3.8) is 0 Å². The Morgan fingerprint density at radius 1 is 1.12 bits per heavy atom. The Morgan fingerprint density at radius 2 is 1.82 bits per heavy atom. The maximum atomic E-state index is 12.8. The lowest BCUT2D eigenvalue weighted by atomic mass is 10.1. The number of likely N-dealkylation sites (N-methyl/N-ethyl adjacent to an activating group) is 1. The van der Waals surface area contributed by atoms with E-state index in [4.69, 9.17) is 0 Å². The molecule has 0 aliphatic carbocycles. The highest BCUT2D eigenvalue weighted by Crippen LogP contribution is 2.32. The molecular weight excluding hydrogens is 451 g/mol. The topological polar surface area (TPSA) is 63.9 Å². The summed E-state index contributed by atoms with van der Waals surface area (Å²) in [6.45, 7) is 1.94. The number of hydrogen-bond acceptors (Lipinski definition) is 5. The fourth-order valence-electron chi connectivity index (χ4n) is 3.29. The molecule has 2 aromatic heterocycles. The van der Waals surface area contributed by atoms with Gasteiger partial charge in [-0.25, -0.2) is 14.6 Å². The van der Waals surface area contributed by atoms with Crippen molar-refractivity contribution in [3.8, 4) is 16.3 Å². The van der Waals surface area contributed by atoms with Crippen LogP contribution in [0, 0.1) is 0 Å². The maximum absolute atomic E-state index is 12.8. The van der Waals surface area contributed by atoms with Crippen molar-refractivity contribution in [3.05, 3.63) is 83.4 Å². The molecule has 1 atom stereocenters. The third kappa shape index (κ3) is 5.11. The van der Waals surface area contributed by atoms with E-state index in [1.807, 2.05) is 31.2 Å². The van der Waals surface area contributed by atoms with E-state index >= 15 is 0 Å². The molecule has 33 heavy (non-hydrogen) atoms. The third-order valence-electron chi connectivity index (χ3n) is 5.38. The van der Waals surface area contributed by atoms with Gasteiger partial charge in [-0.1, -0.05) is 24.3 Å². The molecule has 2 heterocycles. The molecule has 6 nitrogen and oxygen atoms in total. The Balaban J connectivity index is 1.40. The number of thiazole rings is 1. The smallest absolute Gasteiger partial charge is 0.339 e. The van der Waals surface area contributed by atoms with Gasteiger partial charge in [0.1, 0.15) is 17.7 Å². The number of halogens is 3. The summed E-state index contributed by atoms with van der Waals surface area (Å²) in [5.41, 5.74) is 2.30. The molecule has 0 fully saturated rings. The van der Waals surface area contributed by atoms with Crippen molar-refractivity contribution >= 4 is 17.2 Å². The Labute approximate surface area is 192 Å². The number of aromatic nitrogens is 4. The van der Waals surface area contributed by atoms with Crippen molar-refractivity contribution in [1.29, 1.82) is 0 Å². The highest BCUT2D eigenvalue weighted by atomic mass is 32.1. The Hall–Kier alpha value is -3.53. The van der Waals surface area contributed by atoms with Crippen LogP contribution < -0.4 is 0 Å². The highest BCUT2D eigenvalue weighted by molar-refractivity contribution is 7.13. The van der Waals surface area contributed by atoms with Gasteiger partial charge in [0, 0.05) is 18.0 Å². The molecule has 4 rings (SSSR count). The van der Waals surface area contributed by atoms with E-state index in [1.54, 1.807) is 28.3 Å². The van der Waals surface area contributed by atoms with Crippen molar-refractivity contribution in [2.45, 2.75) is 25.6 Å². The minimum atomic E-state index is -4.38. The summed E-state index contributed by atoms with van der Waals surface area (Å²) < 4.78 is 39.9. The lowest BCUT2D eigenvalue weighted by molar-refractivity contribution is -0.137. The predicted molar refractivity (Wildman–Crippen MR) is 119 cm³/mol. The van der Waals surface area contributed by atoms with Crippen molar-refractivity contribution in [1.82, 2.24) is 24.6 Å². The van der Waals surface area contributed by atoms with E-state index in [0.29, 0.717) is 16.3 Å². The van der Waals surface area contributed by atoms with E-state index in [9.17, 15) is 18.0 Å². The quantitative estimate of drug-likeness (QED) is 0.389. The second-order valence-electron chi connectivity index (χ2n) is 7.51. The lowest BCUT2D eigenvalue weighted by Crippen LogP contribution is -2.31. The molecular formula is C23H20F3N5OS. The maximum Gasteiger partial charge on any atom is 0.416 e. The van der Waals surface area contributed by atoms with E-state index in [0.717, 1.165) is 23.4 Å². The number of carbonyl (C=O) groups excluding carboxylic acids is 1. The van der Waals surface area contributed by atoms with Gasteiger partial charge in [0.05, 0.1) is 29.4 Å². The first-order valence-corrected chi connectivity index (χ1v) is 10.9. The van der Waals surface area contributed by atoms with Gasteiger partial charge in [0.15, 0.2) is 0 Å². The summed E-state index contributed by atoms with van der Waals surface area (Å²) >= 11 is 1.30. The molecule has 0 saturated heterocycles. The zero-order chi connectivity index (χ0) is 23.6. The summed E-state index contributed by atoms with van der Waals surface area (Å²) in [5, 5.41) is 6.43. The first-order valence-electron chi connectivity index (χ1n) is 10.0. The van der Waals surface area contributed by atoms with E-state index in [1.165, 1.54) is 29.8 Å². The van der Waals surface area contributed by atoms with Crippen LogP contribution >= 0.6 is 11.3 Å². The van der Waals surface area contributed by atoms with Crippen LogP contribution in [0.3, 0.4) is 0 Å². The molecule has 0 aliphatic heterocycles. The minimum absolute atomic E-state index is 0.105. The number of rotatable bonds is 6. The van der Waals surface area contributed by atoms with Gasteiger partial charge in [0.2, 0.25) is 5.91 Å². The molecule has 1 unspecified atom stereocenters. The standard InChI is InChI=1S/C23H20F3N5OS/c1-15(16-5-9-20(10-6-16)31-14-27-13-28-31)30(2)21(32)11-19-12-33-22(29-19)17-3-7-18(8-4-17)23(24,25)26/h3-10,12-15H,11H2,1-2H3. The van der Waals surface area contributed by atoms with E-state index < -0.39 is 11.7 Å². The Morgan fingerprint density at radius 3 is 2.42 bits per heavy atom. The average molecular weight is 472 g/mol. The largest absolute Gasteiger partial charge is 0.416 e. The first kappa shape index (κ1) is 22.7. The molecule has 1 amide bonds. The van der Waals surface area contributed by atoms with Crippen molar-refractivity contribution in [2.24, 2.45) is 0 Å². The molecule has 0 bridgehead atoms. The van der Waals surface area contributed by atoms with Gasteiger partial charge in [-0.2, -0.15) is 18.3 Å². The molecule has 0 spiro atoms. The van der Waals surface area contributed by atoms with Crippen molar-refractivity contribution < 1.29 is 18.0 Å². The molecule has 0 saturated carbocycles. The molecule has 4 aromatic rings. The number of carbonyl (C=O) groups is 1. The van der Waals surface area contributed by atoms with Crippen LogP contribution in [0.25, 0.3) is 16.3 Å². The van der Waals surface area contributed by atoms with Crippen LogP contribution in [0.15, 0.2) is 66.6 Å². The SMILES string of the molecule is CC(c1ccc(-n2cncn2)cc1)N(C)C(=O)Cc1csc(-c2ccc(C(F)(F)F)cc2)n1. The number of nitrogens with zero attached hydrogens (tertiary/aromatic N) is 5. The highest BCUT2D eigenvalue weighted by Gasteiger charge is 2.30. The average Bonchev–Trinajstić information content (AvgIpc) is 3.50. The van der Waals surface area contributed by atoms with Crippen molar-refractivity contribution in [2.75, 3.05) is 7.05 Å².